The summed E-state index contributed by atoms with van der Waals surface area (Å²) in [5.74, 6) is 0.368. The average molecular weight is 508 g/mol. The van der Waals surface area contributed by atoms with Crippen LogP contribution in [0.2, 0.25) is 0 Å². The predicted octanol–water partition coefficient (Wildman–Crippen LogP) is 6.06. The zero-order valence-corrected chi connectivity index (χ0v) is 21.3. The minimum Gasteiger partial charge on any atom is -0.497 e. The number of nitrogens with zero attached hydrogens (tertiary/aromatic N) is 1. The van der Waals surface area contributed by atoms with Gasteiger partial charge in [-0.05, 0) is 54.0 Å². The second kappa shape index (κ2) is 12.4. The molecule has 192 valence electrons. The van der Waals surface area contributed by atoms with Gasteiger partial charge in [0.2, 0.25) is 5.91 Å². The second-order valence-corrected chi connectivity index (χ2v) is 8.58. The maximum Gasteiger partial charge on any atom is 0.328 e. The summed E-state index contributed by atoms with van der Waals surface area (Å²) in [5, 5.41) is 11.7. The van der Waals surface area contributed by atoms with Crippen LogP contribution in [0.15, 0.2) is 84.9 Å². The molecule has 0 unspecified atom stereocenters. The highest BCUT2D eigenvalue weighted by Gasteiger charge is 2.15. The van der Waals surface area contributed by atoms with Gasteiger partial charge in [0.15, 0.2) is 0 Å². The lowest BCUT2D eigenvalue weighted by Crippen LogP contribution is -2.21. The van der Waals surface area contributed by atoms with Crippen molar-refractivity contribution in [3.63, 3.8) is 0 Å². The molecule has 4 aromatic rings. The van der Waals surface area contributed by atoms with Gasteiger partial charge in [0, 0.05) is 35.4 Å². The number of ether oxygens (including phenoxy) is 1. The van der Waals surface area contributed by atoms with Crippen molar-refractivity contribution >= 4 is 24.0 Å². The number of imidazole rings is 1. The summed E-state index contributed by atoms with van der Waals surface area (Å²) in [5.41, 5.74) is 6.05. The number of rotatable bonds is 10. The molecule has 0 saturated carbocycles. The van der Waals surface area contributed by atoms with Crippen LogP contribution >= 0.6 is 0 Å². The molecule has 0 aliphatic rings. The summed E-state index contributed by atoms with van der Waals surface area (Å²) in [6.07, 6.45) is 6.87. The Labute approximate surface area is 221 Å². The van der Waals surface area contributed by atoms with Crippen LogP contribution in [0.25, 0.3) is 46.1 Å². The molecule has 3 aromatic carbocycles. The highest BCUT2D eigenvalue weighted by atomic mass is 16.5. The molecule has 0 aliphatic heterocycles. The third-order valence-corrected chi connectivity index (χ3v) is 5.85. The number of benzene rings is 3. The molecule has 0 atom stereocenters. The van der Waals surface area contributed by atoms with Gasteiger partial charge < -0.3 is 20.1 Å². The number of hydrogen-bond donors (Lipinski definition) is 3. The fourth-order valence-corrected chi connectivity index (χ4v) is 3.84. The van der Waals surface area contributed by atoms with Gasteiger partial charge in [0.05, 0.1) is 18.5 Å². The number of aromatic amines is 1. The SMILES string of the molecule is CCCNC(=O)C=Cc1ccc(-c2nc(-c3ccc(OC)cc3)[nH]c2-c2ccc(C=CC(=O)O)cc2)cc1. The quantitative estimate of drug-likeness (QED) is 0.227. The molecule has 4 rings (SSSR count). The Balaban J connectivity index is 1.68. The lowest BCUT2D eigenvalue weighted by Gasteiger charge is -2.05. The van der Waals surface area contributed by atoms with Crippen molar-refractivity contribution in [2.45, 2.75) is 13.3 Å². The first-order valence-electron chi connectivity index (χ1n) is 12.3. The monoisotopic (exact) mass is 507 g/mol. The highest BCUT2D eigenvalue weighted by molar-refractivity contribution is 5.92. The minimum absolute atomic E-state index is 0.115. The Morgan fingerprint density at radius 1 is 0.868 bits per heavy atom. The maximum atomic E-state index is 11.9. The van der Waals surface area contributed by atoms with E-state index in [9.17, 15) is 9.59 Å². The number of amides is 1. The molecule has 0 radical (unpaired) electrons. The van der Waals surface area contributed by atoms with Gasteiger partial charge in [-0.3, -0.25) is 4.79 Å². The van der Waals surface area contributed by atoms with Crippen molar-refractivity contribution in [1.29, 1.82) is 0 Å². The fraction of sp³-hybridized carbons (Fsp3) is 0.129. The molecule has 1 amide bonds. The molecule has 1 heterocycles. The van der Waals surface area contributed by atoms with Gasteiger partial charge in [-0.25, -0.2) is 9.78 Å². The van der Waals surface area contributed by atoms with Crippen molar-refractivity contribution in [1.82, 2.24) is 15.3 Å². The summed E-state index contributed by atoms with van der Waals surface area (Å²) in [6.45, 7) is 2.66. The van der Waals surface area contributed by atoms with E-state index in [0.717, 1.165) is 57.5 Å². The number of aliphatic carboxylic acids is 1. The zero-order chi connectivity index (χ0) is 26.9. The number of methoxy groups -OCH3 is 1. The molecule has 0 saturated heterocycles. The third-order valence-electron chi connectivity index (χ3n) is 5.85. The number of carbonyl (C=O) groups is 2. The summed E-state index contributed by atoms with van der Waals surface area (Å²) in [7, 11) is 1.63. The number of carboxylic acids is 1. The van der Waals surface area contributed by atoms with E-state index in [0.29, 0.717) is 12.4 Å². The number of H-pyrrole nitrogens is 1. The van der Waals surface area contributed by atoms with E-state index in [1.54, 1.807) is 19.3 Å². The smallest absolute Gasteiger partial charge is 0.328 e. The molecule has 1 aromatic heterocycles. The lowest BCUT2D eigenvalue weighted by molar-refractivity contribution is -0.131. The van der Waals surface area contributed by atoms with E-state index in [-0.39, 0.29) is 5.91 Å². The summed E-state index contributed by atoms with van der Waals surface area (Å²) < 4.78 is 5.28. The van der Waals surface area contributed by atoms with Gasteiger partial charge in [-0.2, -0.15) is 0 Å². The van der Waals surface area contributed by atoms with Crippen LogP contribution in [0, 0.1) is 0 Å². The number of nitrogens with one attached hydrogen (secondary N) is 2. The van der Waals surface area contributed by atoms with E-state index in [1.807, 2.05) is 79.7 Å². The number of aromatic nitrogens is 2. The van der Waals surface area contributed by atoms with Gasteiger partial charge in [-0.1, -0.05) is 55.5 Å². The molecular formula is C31H29N3O4. The first-order valence-corrected chi connectivity index (χ1v) is 12.3. The largest absolute Gasteiger partial charge is 0.497 e. The first-order chi connectivity index (χ1) is 18.5. The third kappa shape index (κ3) is 6.64. The highest BCUT2D eigenvalue weighted by Crippen LogP contribution is 2.34. The van der Waals surface area contributed by atoms with E-state index in [1.165, 1.54) is 6.08 Å². The topological polar surface area (TPSA) is 104 Å². The Morgan fingerprint density at radius 3 is 2.03 bits per heavy atom. The molecule has 0 bridgehead atoms. The lowest BCUT2D eigenvalue weighted by atomic mass is 10.0. The molecule has 0 aliphatic carbocycles. The van der Waals surface area contributed by atoms with Crippen LogP contribution in [-0.4, -0.2) is 40.6 Å². The second-order valence-electron chi connectivity index (χ2n) is 8.58. The molecule has 3 N–H and O–H groups in total. The van der Waals surface area contributed by atoms with Crippen molar-refractivity contribution < 1.29 is 19.4 Å². The molecule has 38 heavy (non-hydrogen) atoms. The Hall–Kier alpha value is -4.91. The van der Waals surface area contributed by atoms with Crippen LogP contribution in [-0.2, 0) is 9.59 Å². The van der Waals surface area contributed by atoms with E-state index in [2.05, 4.69) is 10.3 Å². The van der Waals surface area contributed by atoms with Crippen LogP contribution in [0.5, 0.6) is 5.75 Å². The Bertz CT molecular complexity index is 1450. The van der Waals surface area contributed by atoms with Crippen molar-refractivity contribution in [3.05, 3.63) is 96.1 Å². The number of carbonyl (C=O) groups excluding carboxylic acids is 1. The maximum absolute atomic E-state index is 11.9. The van der Waals surface area contributed by atoms with E-state index < -0.39 is 5.97 Å². The number of hydrogen-bond acceptors (Lipinski definition) is 4. The van der Waals surface area contributed by atoms with Gasteiger partial charge in [-0.15, -0.1) is 0 Å². The van der Waals surface area contributed by atoms with Gasteiger partial charge in [0.1, 0.15) is 11.6 Å². The normalized spacial score (nSPS) is 11.2. The van der Waals surface area contributed by atoms with Crippen LogP contribution < -0.4 is 10.1 Å². The molecule has 0 spiro atoms. The minimum atomic E-state index is -0.992. The average Bonchev–Trinajstić information content (AvgIpc) is 3.40. The van der Waals surface area contributed by atoms with Crippen molar-refractivity contribution in [3.8, 4) is 39.7 Å². The van der Waals surface area contributed by atoms with Crippen molar-refractivity contribution in [2.24, 2.45) is 0 Å². The molecule has 7 heteroatoms. The van der Waals surface area contributed by atoms with E-state index in [4.69, 9.17) is 14.8 Å². The zero-order valence-electron chi connectivity index (χ0n) is 21.3. The first kappa shape index (κ1) is 26.2. The fourth-order valence-electron chi connectivity index (χ4n) is 3.84. The van der Waals surface area contributed by atoms with Crippen molar-refractivity contribution in [2.75, 3.05) is 13.7 Å². The molecule has 0 fully saturated rings. The standard InChI is InChI=1S/C31H29N3O4/c1-3-20-32-27(35)18-8-21-4-10-23(11-5-21)29-30(24-12-6-22(7-13-24)9-19-28(36)37)34-31(33-29)25-14-16-26(38-2)17-15-25/h4-19H,3,20H2,1-2H3,(H,32,35)(H,33,34)(H,36,37). The summed E-state index contributed by atoms with van der Waals surface area (Å²) >= 11 is 0. The number of carboxylic acid groups (broad SMARTS) is 1. The van der Waals surface area contributed by atoms with Crippen LogP contribution in [0.3, 0.4) is 0 Å². The van der Waals surface area contributed by atoms with Crippen LogP contribution in [0.4, 0.5) is 0 Å². The Morgan fingerprint density at radius 2 is 1.45 bits per heavy atom. The Kier molecular flexibility index (Phi) is 8.51. The van der Waals surface area contributed by atoms with Gasteiger partial charge >= 0.3 is 5.97 Å². The molecular weight excluding hydrogens is 478 g/mol. The van der Waals surface area contributed by atoms with Gasteiger partial charge in [0.25, 0.3) is 0 Å². The summed E-state index contributed by atoms with van der Waals surface area (Å²) in [6, 6.07) is 23.1. The summed E-state index contributed by atoms with van der Waals surface area (Å²) in [4.78, 5) is 31.1. The van der Waals surface area contributed by atoms with Crippen LogP contribution in [0.1, 0.15) is 24.5 Å². The molecule has 7 nitrogen and oxygen atoms in total. The van der Waals surface area contributed by atoms with E-state index >= 15 is 0 Å². The predicted molar refractivity (Wildman–Crippen MR) is 150 cm³/mol.